The van der Waals surface area contributed by atoms with Gasteiger partial charge in [0.2, 0.25) is 65.0 Å². The lowest BCUT2D eigenvalue weighted by Gasteiger charge is -2.35. The Hall–Kier alpha value is -9.47. The summed E-state index contributed by atoms with van der Waals surface area (Å²) >= 11 is 0. The van der Waals surface area contributed by atoms with Crippen molar-refractivity contribution in [1.29, 1.82) is 0 Å². The van der Waals surface area contributed by atoms with Gasteiger partial charge >= 0.3 is 30.3 Å². The van der Waals surface area contributed by atoms with E-state index in [9.17, 15) is 94.1 Å². The molecule has 11 amide bonds. The molecule has 1 saturated heterocycles. The summed E-state index contributed by atoms with van der Waals surface area (Å²) in [4.78, 5) is 201. The molecule has 1 heterocycles. The van der Waals surface area contributed by atoms with Crippen LogP contribution in [-0.2, 0) is 81.3 Å². The van der Waals surface area contributed by atoms with Crippen LogP contribution in [0, 0.1) is 29.6 Å². The van der Waals surface area contributed by atoms with Crippen LogP contribution in [0.2, 0.25) is 0 Å². The summed E-state index contributed by atoms with van der Waals surface area (Å²) in [5.74, 6) is -28.3. The Bertz CT molecular complexity index is 3120. The first kappa shape index (κ1) is 88.6. The molecule has 102 heavy (non-hydrogen) atoms. The van der Waals surface area contributed by atoms with E-state index in [2.05, 4.69) is 46.9 Å². The number of halogens is 6. The third-order valence-corrected chi connectivity index (χ3v) is 15.3. The number of ether oxygens (including phenoxy) is 3. The minimum absolute atomic E-state index is 0.0431. The first-order valence-corrected chi connectivity index (χ1v) is 32.5. The first-order valence-electron chi connectivity index (χ1n) is 32.5. The number of nitrogens with two attached hydrogens (primary N) is 4. The molecule has 0 radical (unpaired) electrons. The number of aliphatic imine (C=N–C) groups is 1. The monoisotopic (exact) mass is 1470 g/mol. The van der Waals surface area contributed by atoms with E-state index in [-0.39, 0.29) is 44.6 Å². The summed E-state index contributed by atoms with van der Waals surface area (Å²) in [5.41, 5.74) is 22.1. The molecule has 15 atom stereocenters. The molecule has 2 rings (SSSR count). The minimum Gasteiger partial charge on any atom is -0.456 e. The summed E-state index contributed by atoms with van der Waals surface area (Å²) in [6.45, 7) is 12.4. The van der Waals surface area contributed by atoms with Crippen molar-refractivity contribution in [2.45, 2.75) is 212 Å². The lowest BCUT2D eigenvalue weighted by Crippen LogP contribution is -2.64. The van der Waals surface area contributed by atoms with Gasteiger partial charge in [-0.1, -0.05) is 106 Å². The SMILES string of the molecule is CC[C@H](C)[C@@H]1NC(=O)[C@@H](CCCN=C(N)N)NC(=O)[C@H](CC(C)C)NC(=O)[C@H]([C@H](OC(=O)C(F)(F)F)C(C)C)NC(=O)[C@@H](NC(=O)[C@H](CC(C)C)NC(=O)[C@@H](N)CC(C)C)[C@@H](c2ccccc2)OC(=O)[C@H](COC(=O)C(F)(F)F)NC(=O)[C@H]([C@H](O)C(N)=O)NC(=O)CNC(=O)[C@H]([C@H](C)O)NC1=O. The fraction of sp³-hybridized carbons (Fsp3) is 0.661. The first-order chi connectivity index (χ1) is 47.2. The van der Waals surface area contributed by atoms with E-state index in [0.29, 0.717) is 0 Å². The number of amides is 11. The number of carbonyl (C=O) groups is 14. The van der Waals surface area contributed by atoms with Gasteiger partial charge in [0.05, 0.1) is 18.7 Å². The van der Waals surface area contributed by atoms with Crippen LogP contribution < -0.4 is 76.1 Å². The molecule has 1 aromatic carbocycles. The van der Waals surface area contributed by atoms with Gasteiger partial charge in [0.15, 0.2) is 24.2 Å². The highest BCUT2D eigenvalue weighted by molar-refractivity contribution is 6.00. The predicted octanol–water partition coefficient (Wildman–Crippen LogP) is -3.21. The van der Waals surface area contributed by atoms with E-state index >= 15 is 9.59 Å². The second kappa shape index (κ2) is 40.8. The fourth-order valence-corrected chi connectivity index (χ4v) is 9.87. The smallest absolute Gasteiger partial charge is 0.456 e. The van der Waals surface area contributed by atoms with Gasteiger partial charge in [-0.05, 0) is 74.2 Å². The molecule has 0 unspecified atom stereocenters. The van der Waals surface area contributed by atoms with E-state index in [1.165, 1.54) is 39.0 Å². The zero-order valence-corrected chi connectivity index (χ0v) is 58.1. The number of rotatable bonds is 25. The highest BCUT2D eigenvalue weighted by Crippen LogP contribution is 2.27. The molecule has 1 aliphatic heterocycles. The number of nitrogens with one attached hydrogen (secondary N) is 10. The maximum Gasteiger partial charge on any atom is 0.490 e. The average molecular weight is 1470 g/mol. The Labute approximate surface area is 583 Å². The minimum atomic E-state index is -5.86. The van der Waals surface area contributed by atoms with Crippen LogP contribution in [-0.4, -0.2) is 210 Å². The third kappa shape index (κ3) is 29.2. The van der Waals surface area contributed by atoms with E-state index in [1.54, 1.807) is 45.3 Å². The lowest BCUT2D eigenvalue weighted by atomic mass is 9.95. The number of aliphatic hydroxyl groups excluding tert-OH is 2. The highest BCUT2D eigenvalue weighted by atomic mass is 19.4. The zero-order chi connectivity index (χ0) is 78.0. The van der Waals surface area contributed by atoms with Gasteiger partial charge in [-0.25, -0.2) is 14.4 Å². The molecular weight excluding hydrogens is 1370 g/mol. The van der Waals surface area contributed by atoms with Crippen LogP contribution in [0.5, 0.6) is 0 Å². The maximum atomic E-state index is 15.7. The Morgan fingerprint density at radius 1 is 0.637 bits per heavy atom. The van der Waals surface area contributed by atoms with E-state index in [0.717, 1.165) is 32.9 Å². The summed E-state index contributed by atoms with van der Waals surface area (Å²) in [6, 6.07) is -15.5. The number of esters is 3. The quantitative estimate of drug-likeness (QED) is 0.0114. The fourth-order valence-electron chi connectivity index (χ4n) is 9.87. The predicted molar refractivity (Wildman–Crippen MR) is 346 cm³/mol. The number of aliphatic hydroxyl groups is 2. The van der Waals surface area contributed by atoms with Crippen LogP contribution in [0.25, 0.3) is 0 Å². The summed E-state index contributed by atoms with van der Waals surface area (Å²) in [5, 5.41) is 43.6. The topological polar surface area (TPSA) is 544 Å². The number of benzene rings is 1. The van der Waals surface area contributed by atoms with Crippen molar-refractivity contribution < 1.29 is 118 Å². The zero-order valence-electron chi connectivity index (χ0n) is 58.1. The third-order valence-electron chi connectivity index (χ3n) is 15.3. The Kier molecular flexibility index (Phi) is 35.5. The molecule has 0 spiro atoms. The van der Waals surface area contributed by atoms with Crippen molar-refractivity contribution in [1.82, 2.24) is 53.2 Å². The van der Waals surface area contributed by atoms with Crippen molar-refractivity contribution in [3.05, 3.63) is 35.9 Å². The molecule has 0 aromatic heterocycles. The number of hydrogen-bond donors (Lipinski definition) is 16. The largest absolute Gasteiger partial charge is 0.490 e. The van der Waals surface area contributed by atoms with Gasteiger partial charge in [0.25, 0.3) is 0 Å². The van der Waals surface area contributed by atoms with Crippen molar-refractivity contribution in [2.75, 3.05) is 19.7 Å². The molecule has 0 saturated carbocycles. The Morgan fingerprint density at radius 3 is 1.69 bits per heavy atom. The van der Waals surface area contributed by atoms with Gasteiger partial charge in [0, 0.05) is 6.54 Å². The maximum absolute atomic E-state index is 15.7. The highest BCUT2D eigenvalue weighted by Gasteiger charge is 2.49. The van der Waals surface area contributed by atoms with Gasteiger partial charge in [-0.2, -0.15) is 26.3 Å². The van der Waals surface area contributed by atoms with E-state index in [1.807, 2.05) is 5.32 Å². The van der Waals surface area contributed by atoms with Crippen molar-refractivity contribution in [2.24, 2.45) is 57.5 Å². The molecule has 20 N–H and O–H groups in total. The number of primary amides is 1. The lowest BCUT2D eigenvalue weighted by molar-refractivity contribution is -0.208. The van der Waals surface area contributed by atoms with Crippen molar-refractivity contribution in [3.63, 3.8) is 0 Å². The van der Waals surface area contributed by atoms with Gasteiger partial charge in [-0.15, -0.1) is 0 Å². The molecular formula is C62H95F6N15O19. The molecule has 0 bridgehead atoms. The Morgan fingerprint density at radius 2 is 1.17 bits per heavy atom. The van der Waals surface area contributed by atoms with Gasteiger partial charge < -0.3 is 101 Å². The molecule has 40 heteroatoms. The normalized spacial score (nSPS) is 23.4. The van der Waals surface area contributed by atoms with Crippen LogP contribution in [0.1, 0.15) is 126 Å². The van der Waals surface area contributed by atoms with Crippen molar-refractivity contribution in [3.8, 4) is 0 Å². The van der Waals surface area contributed by atoms with Crippen LogP contribution in [0.15, 0.2) is 35.3 Å². The summed E-state index contributed by atoms with van der Waals surface area (Å²) < 4.78 is 99.4. The van der Waals surface area contributed by atoms with Gasteiger partial charge in [-0.3, -0.25) is 57.7 Å². The van der Waals surface area contributed by atoms with Crippen LogP contribution in [0.3, 0.4) is 0 Å². The Balaban J connectivity index is 3.41. The van der Waals surface area contributed by atoms with Crippen LogP contribution in [0.4, 0.5) is 26.3 Å². The molecule has 34 nitrogen and oxygen atoms in total. The second-order valence-electron chi connectivity index (χ2n) is 25.8. The number of alkyl halides is 6. The molecule has 1 aliphatic rings. The number of hydrogen-bond acceptors (Lipinski definition) is 21. The second-order valence-corrected chi connectivity index (χ2v) is 25.8. The van der Waals surface area contributed by atoms with Gasteiger partial charge in [0.1, 0.15) is 61.0 Å². The van der Waals surface area contributed by atoms with Crippen molar-refractivity contribution >= 4 is 88.8 Å². The number of nitrogens with zero attached hydrogens (tertiary/aromatic N) is 1. The van der Waals surface area contributed by atoms with Crippen LogP contribution >= 0.6 is 0 Å². The molecule has 574 valence electrons. The molecule has 1 aromatic rings. The van der Waals surface area contributed by atoms with E-state index < -0.39 is 235 Å². The summed E-state index contributed by atoms with van der Waals surface area (Å²) in [7, 11) is 0. The molecule has 0 aliphatic carbocycles. The van der Waals surface area contributed by atoms with E-state index in [4.69, 9.17) is 32.4 Å². The summed E-state index contributed by atoms with van der Waals surface area (Å²) in [6.07, 6.45) is -22.5. The standard InChI is InChI=1S/C62H95F6N15O19/c1-12-30(10)39-53(93)81-40(31(11)84)52(92)74-24-38(85)79-41(44(86)47(70)87)54(94)78-37(25-100-58(98)61(63,64)65)57(97)101-46(32-17-14-13-15-18-32)43(82-51(91)36(23-28(6)7)76-48(88)33(69)21-26(2)3)56(96)83-42(45(29(8)9)102-59(99)62(66,67)68)55(95)77-35(22-27(4)5)50(90)75-34(49(89)80-39)19-16-20-73-60(71)72/h13-15,17-18,26-31,33-37,39-46,84,86H,12,16,19-25,69H2,1-11H3,(H2,70,87)(H,74,92)(H,75,90)(H,76,88)(H,77,95)(H,78,94)(H,79,85)(H,80,89)(H,81,93)(H,82,91)(H,83,96)(H4,71,72,73)/t30-,31-,33-,34+,35-,36-,37-,39-,40-,41-,42-,43-,44-,45+,46+/m0/s1. The number of cyclic esters (lactones) is 1. The average Bonchev–Trinajstić information content (AvgIpc) is 0.806. The number of carbonyl (C=O) groups excluding carboxylic acids is 14. The number of guanidine groups is 1. The molecule has 1 fully saturated rings.